The maximum Gasteiger partial charge on any atom is 0.314 e. The van der Waals surface area contributed by atoms with Gasteiger partial charge in [0.05, 0.1) is 19.1 Å². The van der Waals surface area contributed by atoms with Crippen molar-refractivity contribution >= 4 is 5.97 Å². The third-order valence-corrected chi connectivity index (χ3v) is 2.35. The summed E-state index contributed by atoms with van der Waals surface area (Å²) in [4.78, 5) is 11.2. The number of carbonyl (C=O) groups excluding carboxylic acids is 1. The summed E-state index contributed by atoms with van der Waals surface area (Å²) >= 11 is 0. The van der Waals surface area contributed by atoms with Gasteiger partial charge in [0.25, 0.3) is 0 Å². The Balaban J connectivity index is 2.52. The van der Waals surface area contributed by atoms with E-state index in [1.54, 1.807) is 7.11 Å². The Kier molecular flexibility index (Phi) is 2.49. The largest absolute Gasteiger partial charge is 0.469 e. The zero-order chi connectivity index (χ0) is 8.32. The van der Waals surface area contributed by atoms with Crippen molar-refractivity contribution < 1.29 is 14.3 Å². The van der Waals surface area contributed by atoms with Crippen LogP contribution in [0.25, 0.3) is 0 Å². The quantitative estimate of drug-likeness (QED) is 0.574. The second-order valence-electron chi connectivity index (χ2n) is 3.06. The molecule has 0 saturated heterocycles. The van der Waals surface area contributed by atoms with Crippen LogP contribution in [0.1, 0.15) is 19.3 Å². The fourth-order valence-corrected chi connectivity index (χ4v) is 1.50. The van der Waals surface area contributed by atoms with Crippen LogP contribution in [0.4, 0.5) is 0 Å². The van der Waals surface area contributed by atoms with Crippen molar-refractivity contribution in [3.63, 3.8) is 0 Å². The second kappa shape index (κ2) is 3.22. The van der Waals surface area contributed by atoms with Crippen LogP contribution in [0.3, 0.4) is 0 Å². The second-order valence-corrected chi connectivity index (χ2v) is 3.06. The summed E-state index contributed by atoms with van der Waals surface area (Å²) in [6.45, 7) is 0.500. The molecule has 0 radical (unpaired) electrons. The lowest BCUT2D eigenvalue weighted by Gasteiger charge is -2.37. The van der Waals surface area contributed by atoms with E-state index >= 15 is 0 Å². The number of rotatable bonds is 3. The van der Waals surface area contributed by atoms with Gasteiger partial charge in [-0.2, -0.15) is 0 Å². The van der Waals surface area contributed by atoms with E-state index in [0.29, 0.717) is 6.61 Å². The minimum Gasteiger partial charge on any atom is -0.469 e. The average Bonchev–Trinajstić information content (AvgIpc) is 1.95. The lowest BCUT2D eigenvalue weighted by Crippen LogP contribution is -2.42. The lowest BCUT2D eigenvalue weighted by atomic mass is 9.69. The predicted molar refractivity (Wildman–Crippen MR) is 40.2 cm³/mol. The highest BCUT2D eigenvalue weighted by Gasteiger charge is 2.45. The van der Waals surface area contributed by atoms with Gasteiger partial charge in [-0.3, -0.25) is 4.79 Å². The molecule has 0 heterocycles. The van der Waals surface area contributed by atoms with Gasteiger partial charge in [0.15, 0.2) is 0 Å². The molecule has 0 aromatic rings. The van der Waals surface area contributed by atoms with Crippen LogP contribution in [0.2, 0.25) is 0 Å². The summed E-state index contributed by atoms with van der Waals surface area (Å²) in [5.41, 5.74) is -0.302. The van der Waals surface area contributed by atoms with Gasteiger partial charge in [0, 0.05) is 7.11 Å². The van der Waals surface area contributed by atoms with Gasteiger partial charge < -0.3 is 9.47 Å². The first-order valence-electron chi connectivity index (χ1n) is 3.82. The van der Waals surface area contributed by atoms with Gasteiger partial charge in [-0.25, -0.2) is 0 Å². The number of hydrogen-bond acceptors (Lipinski definition) is 3. The number of ether oxygens (including phenoxy) is 2. The molecular formula is C8H14O3. The molecule has 0 amide bonds. The van der Waals surface area contributed by atoms with Crippen molar-refractivity contribution in [2.45, 2.75) is 19.3 Å². The van der Waals surface area contributed by atoms with E-state index in [9.17, 15) is 4.79 Å². The molecule has 3 nitrogen and oxygen atoms in total. The molecule has 0 atom stereocenters. The summed E-state index contributed by atoms with van der Waals surface area (Å²) in [6.07, 6.45) is 2.93. The molecule has 11 heavy (non-hydrogen) atoms. The van der Waals surface area contributed by atoms with Gasteiger partial charge in [-0.1, -0.05) is 6.42 Å². The molecule has 1 saturated carbocycles. The molecule has 1 fully saturated rings. The topological polar surface area (TPSA) is 35.5 Å². The third-order valence-electron chi connectivity index (χ3n) is 2.35. The monoisotopic (exact) mass is 158 g/mol. The van der Waals surface area contributed by atoms with Crippen molar-refractivity contribution in [1.82, 2.24) is 0 Å². The molecule has 0 bridgehead atoms. The van der Waals surface area contributed by atoms with Gasteiger partial charge in [-0.15, -0.1) is 0 Å². The Morgan fingerprint density at radius 1 is 1.45 bits per heavy atom. The zero-order valence-electron chi connectivity index (χ0n) is 7.05. The Morgan fingerprint density at radius 2 is 2.09 bits per heavy atom. The van der Waals surface area contributed by atoms with E-state index in [1.165, 1.54) is 7.11 Å². The van der Waals surface area contributed by atoms with E-state index in [0.717, 1.165) is 19.3 Å². The Labute approximate surface area is 66.7 Å². The fraction of sp³-hybridized carbons (Fsp3) is 0.875. The Bertz CT molecular complexity index is 149. The van der Waals surface area contributed by atoms with Crippen LogP contribution >= 0.6 is 0 Å². The van der Waals surface area contributed by atoms with Crippen molar-refractivity contribution in [1.29, 1.82) is 0 Å². The highest BCUT2D eigenvalue weighted by atomic mass is 16.5. The average molecular weight is 158 g/mol. The molecule has 0 aliphatic heterocycles. The van der Waals surface area contributed by atoms with Crippen LogP contribution < -0.4 is 0 Å². The molecule has 0 unspecified atom stereocenters. The first kappa shape index (κ1) is 8.53. The van der Waals surface area contributed by atoms with Gasteiger partial charge in [0.1, 0.15) is 0 Å². The number of hydrogen-bond donors (Lipinski definition) is 0. The van der Waals surface area contributed by atoms with Crippen molar-refractivity contribution in [2.24, 2.45) is 5.41 Å². The molecule has 0 aromatic heterocycles. The van der Waals surface area contributed by atoms with E-state index in [-0.39, 0.29) is 11.4 Å². The van der Waals surface area contributed by atoms with Gasteiger partial charge >= 0.3 is 5.97 Å². The van der Waals surface area contributed by atoms with Crippen molar-refractivity contribution in [2.75, 3.05) is 20.8 Å². The molecule has 64 valence electrons. The predicted octanol–water partition coefficient (Wildman–Crippen LogP) is 0.976. The first-order chi connectivity index (χ1) is 5.25. The maximum atomic E-state index is 11.2. The zero-order valence-corrected chi connectivity index (χ0v) is 7.05. The molecular weight excluding hydrogens is 144 g/mol. The summed E-state index contributed by atoms with van der Waals surface area (Å²) in [5.74, 6) is -0.120. The minimum absolute atomic E-state index is 0.120. The SMILES string of the molecule is COCC1(C(=O)OC)CCC1. The molecule has 1 aliphatic carbocycles. The number of esters is 1. The van der Waals surface area contributed by atoms with Gasteiger partial charge in [0.2, 0.25) is 0 Å². The van der Waals surface area contributed by atoms with Crippen LogP contribution in [0.5, 0.6) is 0 Å². The normalized spacial score (nSPS) is 20.5. The molecule has 3 heteroatoms. The minimum atomic E-state index is -0.302. The molecule has 1 aliphatic rings. The molecule has 1 rings (SSSR count). The fourth-order valence-electron chi connectivity index (χ4n) is 1.50. The summed E-state index contributed by atoms with van der Waals surface area (Å²) in [7, 11) is 3.04. The first-order valence-corrected chi connectivity index (χ1v) is 3.82. The number of methoxy groups -OCH3 is 2. The van der Waals surface area contributed by atoms with Gasteiger partial charge in [-0.05, 0) is 12.8 Å². The molecule has 0 spiro atoms. The maximum absolute atomic E-state index is 11.2. The van der Waals surface area contributed by atoms with E-state index in [1.807, 2.05) is 0 Å². The molecule has 0 N–H and O–H groups in total. The third kappa shape index (κ3) is 1.38. The van der Waals surface area contributed by atoms with E-state index < -0.39 is 0 Å². The Morgan fingerprint density at radius 3 is 2.36 bits per heavy atom. The lowest BCUT2D eigenvalue weighted by molar-refractivity contribution is -0.163. The standard InChI is InChI=1S/C8H14O3/c1-10-6-8(4-3-5-8)7(9)11-2/h3-6H2,1-2H3. The van der Waals surface area contributed by atoms with Crippen LogP contribution in [0.15, 0.2) is 0 Å². The van der Waals surface area contributed by atoms with E-state index in [4.69, 9.17) is 9.47 Å². The summed E-state index contributed by atoms with van der Waals surface area (Å²) in [5, 5.41) is 0. The highest BCUT2D eigenvalue weighted by molar-refractivity contribution is 5.77. The van der Waals surface area contributed by atoms with E-state index in [2.05, 4.69) is 0 Å². The number of carbonyl (C=O) groups is 1. The van der Waals surface area contributed by atoms with Crippen LogP contribution in [0, 0.1) is 5.41 Å². The van der Waals surface area contributed by atoms with Crippen molar-refractivity contribution in [3.05, 3.63) is 0 Å². The van der Waals surface area contributed by atoms with Crippen LogP contribution in [-0.2, 0) is 14.3 Å². The van der Waals surface area contributed by atoms with Crippen LogP contribution in [-0.4, -0.2) is 26.8 Å². The molecule has 0 aromatic carbocycles. The van der Waals surface area contributed by atoms with Crippen molar-refractivity contribution in [3.8, 4) is 0 Å². The summed E-state index contributed by atoms with van der Waals surface area (Å²) < 4.78 is 9.66. The smallest absolute Gasteiger partial charge is 0.314 e. The summed E-state index contributed by atoms with van der Waals surface area (Å²) in [6, 6.07) is 0. The Hall–Kier alpha value is -0.570. The highest BCUT2D eigenvalue weighted by Crippen LogP contribution is 2.41.